The zero-order chi connectivity index (χ0) is 19.8. The number of halogens is 2. The molecule has 0 unspecified atom stereocenters. The van der Waals surface area contributed by atoms with Crippen LogP contribution in [0.3, 0.4) is 0 Å². The van der Waals surface area contributed by atoms with Crippen molar-refractivity contribution in [2.45, 2.75) is 6.92 Å². The van der Waals surface area contributed by atoms with Gasteiger partial charge in [0.2, 0.25) is 5.43 Å². The number of fused-ring (bicyclic) bond motifs is 2. The van der Waals surface area contributed by atoms with Gasteiger partial charge in [-0.3, -0.25) is 4.79 Å². The van der Waals surface area contributed by atoms with E-state index in [1.807, 2.05) is 31.2 Å². The highest BCUT2D eigenvalue weighted by Gasteiger charge is 2.21. The minimum Gasteiger partial charge on any atom is -0.456 e. The molecule has 3 N–H and O–H groups in total. The van der Waals surface area contributed by atoms with E-state index in [-0.39, 0.29) is 11.4 Å². The molecule has 0 saturated heterocycles. The van der Waals surface area contributed by atoms with Crippen molar-refractivity contribution >= 4 is 16.7 Å². The summed E-state index contributed by atoms with van der Waals surface area (Å²) in [5.41, 5.74) is 8.16. The standard InChI is InChI=1S/C22H18F2N2O2/c1-12-4-2-3-5-13(12)22-14-8-16(23)18(26-7-6-25)10-20(14)28-21-11-19(27)17(24)9-15(21)22/h2-5,8-11,26H,6-7,25H2,1H3. The summed E-state index contributed by atoms with van der Waals surface area (Å²) in [6.07, 6.45) is 0. The van der Waals surface area contributed by atoms with Gasteiger partial charge in [-0.2, -0.15) is 0 Å². The van der Waals surface area contributed by atoms with Gasteiger partial charge in [-0.25, -0.2) is 8.78 Å². The Bertz CT molecular complexity index is 1220. The van der Waals surface area contributed by atoms with Crippen LogP contribution in [0.5, 0.6) is 0 Å². The second-order valence-corrected chi connectivity index (χ2v) is 6.61. The molecular weight excluding hydrogens is 362 g/mol. The average molecular weight is 380 g/mol. The lowest BCUT2D eigenvalue weighted by atomic mass is 9.91. The molecule has 2 aromatic rings. The summed E-state index contributed by atoms with van der Waals surface area (Å²) in [7, 11) is 0. The Labute approximate surface area is 159 Å². The van der Waals surface area contributed by atoms with Crippen molar-refractivity contribution in [3.63, 3.8) is 0 Å². The lowest BCUT2D eigenvalue weighted by Crippen LogP contribution is -2.14. The molecule has 0 bridgehead atoms. The van der Waals surface area contributed by atoms with Gasteiger partial charge in [0, 0.05) is 41.7 Å². The number of aryl methyl sites for hydroxylation is 1. The number of hydrogen-bond donors (Lipinski definition) is 2. The molecule has 6 heteroatoms. The summed E-state index contributed by atoms with van der Waals surface area (Å²) < 4.78 is 34.6. The Morgan fingerprint density at radius 3 is 2.57 bits per heavy atom. The number of benzene rings is 3. The molecule has 4 rings (SSSR count). The quantitative estimate of drug-likeness (QED) is 0.511. The summed E-state index contributed by atoms with van der Waals surface area (Å²) >= 11 is 0. The third kappa shape index (κ3) is 3.01. The fourth-order valence-electron chi connectivity index (χ4n) is 3.40. The first kappa shape index (κ1) is 18.1. The fourth-order valence-corrected chi connectivity index (χ4v) is 3.40. The Balaban J connectivity index is 2.13. The normalized spacial score (nSPS) is 11.3. The van der Waals surface area contributed by atoms with Crippen LogP contribution in [0, 0.1) is 18.6 Å². The third-order valence-electron chi connectivity index (χ3n) is 4.74. The fraction of sp³-hybridized carbons (Fsp3) is 0.136. The van der Waals surface area contributed by atoms with Gasteiger partial charge in [0.15, 0.2) is 5.82 Å². The molecule has 142 valence electrons. The van der Waals surface area contributed by atoms with Crippen molar-refractivity contribution in [1.82, 2.24) is 0 Å². The maximum atomic E-state index is 14.7. The minimum atomic E-state index is -0.876. The van der Waals surface area contributed by atoms with Crippen molar-refractivity contribution in [2.75, 3.05) is 18.4 Å². The first-order valence-corrected chi connectivity index (χ1v) is 8.89. The van der Waals surface area contributed by atoms with Gasteiger partial charge in [-0.05, 0) is 30.2 Å². The number of anilines is 1. The second kappa shape index (κ2) is 7.05. The average Bonchev–Trinajstić information content (AvgIpc) is 2.67. The molecule has 1 heterocycles. The van der Waals surface area contributed by atoms with Gasteiger partial charge in [0.25, 0.3) is 0 Å². The molecule has 2 aliphatic rings. The van der Waals surface area contributed by atoms with Gasteiger partial charge >= 0.3 is 0 Å². The molecule has 2 aromatic carbocycles. The molecule has 0 radical (unpaired) electrons. The van der Waals surface area contributed by atoms with Crippen LogP contribution >= 0.6 is 0 Å². The van der Waals surface area contributed by atoms with Crippen LogP contribution in [-0.2, 0) is 0 Å². The Morgan fingerprint density at radius 1 is 1.04 bits per heavy atom. The molecule has 0 saturated carbocycles. The SMILES string of the molecule is Cc1ccccc1-c1c2cc(F)c(=O)cc-2oc2cc(NCCN)c(F)cc12. The largest absolute Gasteiger partial charge is 0.456 e. The summed E-state index contributed by atoms with van der Waals surface area (Å²) in [5, 5.41) is 3.41. The van der Waals surface area contributed by atoms with Crippen molar-refractivity contribution in [3.8, 4) is 22.5 Å². The smallest absolute Gasteiger partial charge is 0.217 e. The van der Waals surface area contributed by atoms with Crippen molar-refractivity contribution in [2.24, 2.45) is 5.73 Å². The molecule has 1 aliphatic carbocycles. The first-order valence-electron chi connectivity index (χ1n) is 8.89. The zero-order valence-electron chi connectivity index (χ0n) is 15.2. The Kier molecular flexibility index (Phi) is 4.57. The summed E-state index contributed by atoms with van der Waals surface area (Å²) in [4.78, 5) is 11.8. The van der Waals surface area contributed by atoms with E-state index in [4.69, 9.17) is 10.2 Å². The van der Waals surface area contributed by atoms with Gasteiger partial charge < -0.3 is 15.5 Å². The highest BCUT2D eigenvalue weighted by Crippen LogP contribution is 2.42. The van der Waals surface area contributed by atoms with Crippen LogP contribution in [0.25, 0.3) is 33.4 Å². The van der Waals surface area contributed by atoms with Crippen LogP contribution in [0.1, 0.15) is 5.56 Å². The lowest BCUT2D eigenvalue weighted by Gasteiger charge is -2.18. The summed E-state index contributed by atoms with van der Waals surface area (Å²) in [5.74, 6) is -1.10. The monoisotopic (exact) mass is 380 g/mol. The predicted octanol–water partition coefficient (Wildman–Crippen LogP) is 4.52. The van der Waals surface area contributed by atoms with Crippen LogP contribution in [0.4, 0.5) is 14.5 Å². The number of nitrogens with one attached hydrogen (secondary N) is 1. The highest BCUT2D eigenvalue weighted by molar-refractivity contribution is 6.03. The van der Waals surface area contributed by atoms with Gasteiger partial charge in [0.05, 0.1) is 5.69 Å². The topological polar surface area (TPSA) is 68.3 Å². The van der Waals surface area contributed by atoms with E-state index in [1.165, 1.54) is 12.1 Å². The van der Waals surface area contributed by atoms with Crippen LogP contribution in [-0.4, -0.2) is 13.1 Å². The van der Waals surface area contributed by atoms with Gasteiger partial charge in [-0.1, -0.05) is 24.3 Å². The van der Waals surface area contributed by atoms with E-state index in [2.05, 4.69) is 5.32 Å². The van der Waals surface area contributed by atoms with Gasteiger partial charge in [0.1, 0.15) is 17.2 Å². The molecule has 4 nitrogen and oxygen atoms in total. The highest BCUT2D eigenvalue weighted by atomic mass is 19.1. The molecular formula is C22H18F2N2O2. The van der Waals surface area contributed by atoms with Crippen LogP contribution < -0.4 is 16.5 Å². The Hall–Kier alpha value is -3.25. The lowest BCUT2D eigenvalue weighted by molar-refractivity contribution is 0.594. The van der Waals surface area contributed by atoms with Gasteiger partial charge in [-0.15, -0.1) is 0 Å². The molecule has 0 fully saturated rings. The Morgan fingerprint density at radius 2 is 1.82 bits per heavy atom. The molecule has 1 aliphatic heterocycles. The maximum absolute atomic E-state index is 14.7. The number of rotatable bonds is 4. The number of hydrogen-bond acceptors (Lipinski definition) is 4. The number of nitrogens with two attached hydrogens (primary N) is 1. The zero-order valence-corrected chi connectivity index (χ0v) is 15.2. The third-order valence-corrected chi connectivity index (χ3v) is 4.74. The van der Waals surface area contributed by atoms with Crippen molar-refractivity contribution in [3.05, 3.63) is 76.0 Å². The summed E-state index contributed by atoms with van der Waals surface area (Å²) in [6.45, 7) is 2.67. The minimum absolute atomic E-state index is 0.244. The second-order valence-electron chi connectivity index (χ2n) is 6.61. The van der Waals surface area contributed by atoms with E-state index in [0.717, 1.165) is 23.3 Å². The molecule has 0 amide bonds. The molecule has 28 heavy (non-hydrogen) atoms. The van der Waals surface area contributed by atoms with E-state index >= 15 is 0 Å². The molecule has 0 aromatic heterocycles. The maximum Gasteiger partial charge on any atom is 0.217 e. The van der Waals surface area contributed by atoms with Crippen molar-refractivity contribution in [1.29, 1.82) is 0 Å². The van der Waals surface area contributed by atoms with Crippen molar-refractivity contribution < 1.29 is 13.2 Å². The molecule has 0 atom stereocenters. The summed E-state index contributed by atoms with van der Waals surface area (Å²) in [6, 6.07) is 12.7. The van der Waals surface area contributed by atoms with Crippen LogP contribution in [0.2, 0.25) is 0 Å². The first-order chi connectivity index (χ1) is 13.5. The van der Waals surface area contributed by atoms with E-state index < -0.39 is 17.1 Å². The molecule has 0 spiro atoms. The van der Waals surface area contributed by atoms with E-state index in [1.54, 1.807) is 0 Å². The van der Waals surface area contributed by atoms with E-state index in [0.29, 0.717) is 35.2 Å². The predicted molar refractivity (Wildman–Crippen MR) is 107 cm³/mol. The van der Waals surface area contributed by atoms with E-state index in [9.17, 15) is 13.6 Å². The van der Waals surface area contributed by atoms with Crippen LogP contribution in [0.15, 0.2) is 57.7 Å².